The Morgan fingerprint density at radius 1 is 1.13 bits per heavy atom. The largest absolute Gasteiger partial charge is 0.457 e. The van der Waals surface area contributed by atoms with Crippen molar-refractivity contribution in [2.75, 3.05) is 49.7 Å². The molecule has 0 radical (unpaired) electrons. The molecule has 2 aliphatic heterocycles. The molecule has 2 saturated heterocycles. The van der Waals surface area contributed by atoms with Gasteiger partial charge in [-0.05, 0) is 36.4 Å². The summed E-state index contributed by atoms with van der Waals surface area (Å²) < 4.78 is 11.4. The van der Waals surface area contributed by atoms with Gasteiger partial charge in [-0.3, -0.25) is 9.89 Å². The Balaban J connectivity index is 0.00000256. The molecule has 2 fully saturated rings. The standard InChI is InChI=1S/C22H28N4O2S.HI/c23-21(24-16-22(9-14-29-17-22)26-10-12-27-13-11-26)25-18-5-4-8-20(15-18)28-19-6-2-1-3-7-19;/h1-8,15H,9-14,16-17H2,(H3,23,24,25);1H. The predicted octanol–water partition coefficient (Wildman–Crippen LogP) is 4.03. The zero-order valence-electron chi connectivity index (χ0n) is 17.0. The number of nitrogens with two attached hydrogens (primary N) is 1. The van der Waals surface area contributed by atoms with Gasteiger partial charge in [0, 0.05) is 30.6 Å². The Morgan fingerprint density at radius 3 is 2.63 bits per heavy atom. The zero-order chi connectivity index (χ0) is 19.9. The lowest BCUT2D eigenvalue weighted by Crippen LogP contribution is -2.56. The summed E-state index contributed by atoms with van der Waals surface area (Å²) in [5, 5.41) is 3.21. The smallest absolute Gasteiger partial charge is 0.193 e. The van der Waals surface area contributed by atoms with E-state index >= 15 is 0 Å². The zero-order valence-corrected chi connectivity index (χ0v) is 20.1. The molecule has 0 saturated carbocycles. The van der Waals surface area contributed by atoms with Crippen LogP contribution >= 0.6 is 35.7 Å². The number of guanidine groups is 1. The molecule has 1 unspecified atom stereocenters. The van der Waals surface area contributed by atoms with Crippen molar-refractivity contribution < 1.29 is 9.47 Å². The fourth-order valence-corrected chi connectivity index (χ4v) is 5.26. The average molecular weight is 540 g/mol. The minimum atomic E-state index is 0. The second kappa shape index (κ2) is 11.2. The van der Waals surface area contributed by atoms with Crippen molar-refractivity contribution in [2.45, 2.75) is 12.0 Å². The third-order valence-electron chi connectivity index (χ3n) is 5.39. The molecule has 0 aliphatic carbocycles. The molecule has 0 aromatic heterocycles. The van der Waals surface area contributed by atoms with Gasteiger partial charge in [0.1, 0.15) is 11.5 Å². The van der Waals surface area contributed by atoms with Gasteiger partial charge in [0.15, 0.2) is 5.96 Å². The first-order valence-electron chi connectivity index (χ1n) is 10.0. The van der Waals surface area contributed by atoms with E-state index in [0.29, 0.717) is 12.5 Å². The molecular weight excluding hydrogens is 511 g/mol. The molecule has 30 heavy (non-hydrogen) atoms. The molecule has 2 aliphatic rings. The van der Waals surface area contributed by atoms with Crippen LogP contribution in [-0.4, -0.2) is 60.8 Å². The highest BCUT2D eigenvalue weighted by atomic mass is 127. The summed E-state index contributed by atoms with van der Waals surface area (Å²) >= 11 is 2.00. The van der Waals surface area contributed by atoms with E-state index in [1.807, 2.05) is 66.4 Å². The first-order valence-corrected chi connectivity index (χ1v) is 11.2. The van der Waals surface area contributed by atoms with Crippen molar-refractivity contribution in [3.8, 4) is 11.5 Å². The molecule has 8 heteroatoms. The molecule has 2 heterocycles. The molecule has 2 aromatic rings. The maximum atomic E-state index is 6.22. The summed E-state index contributed by atoms with van der Waals surface area (Å²) in [6.07, 6.45) is 1.15. The number of anilines is 1. The van der Waals surface area contributed by atoms with E-state index in [4.69, 9.17) is 20.2 Å². The first-order chi connectivity index (χ1) is 14.2. The molecule has 6 nitrogen and oxygen atoms in total. The summed E-state index contributed by atoms with van der Waals surface area (Å²) in [5.74, 6) is 4.28. The Labute approximate surface area is 199 Å². The number of hydrogen-bond acceptors (Lipinski definition) is 5. The number of nitrogens with one attached hydrogen (secondary N) is 1. The summed E-state index contributed by atoms with van der Waals surface area (Å²) in [7, 11) is 0. The number of benzene rings is 2. The molecule has 0 amide bonds. The molecule has 2 aromatic carbocycles. The van der Waals surface area contributed by atoms with E-state index in [1.54, 1.807) is 0 Å². The van der Waals surface area contributed by atoms with Gasteiger partial charge in [-0.1, -0.05) is 24.3 Å². The van der Waals surface area contributed by atoms with Crippen LogP contribution in [0.2, 0.25) is 0 Å². The Bertz CT molecular complexity index is 825. The van der Waals surface area contributed by atoms with Crippen molar-refractivity contribution in [1.29, 1.82) is 0 Å². The lowest BCUT2D eigenvalue weighted by atomic mass is 9.96. The lowest BCUT2D eigenvalue weighted by Gasteiger charge is -2.42. The number of rotatable bonds is 6. The van der Waals surface area contributed by atoms with Gasteiger partial charge in [0.05, 0.1) is 25.3 Å². The van der Waals surface area contributed by atoms with Crippen molar-refractivity contribution >= 4 is 47.4 Å². The van der Waals surface area contributed by atoms with Crippen LogP contribution < -0.4 is 15.8 Å². The van der Waals surface area contributed by atoms with Crippen LogP contribution in [0.1, 0.15) is 6.42 Å². The minimum absolute atomic E-state index is 0. The van der Waals surface area contributed by atoms with Gasteiger partial charge in [-0.2, -0.15) is 11.8 Å². The number of aliphatic imine (C=N–C) groups is 1. The van der Waals surface area contributed by atoms with Crippen LogP contribution in [0.25, 0.3) is 0 Å². The predicted molar refractivity (Wildman–Crippen MR) is 136 cm³/mol. The third kappa shape index (κ3) is 6.03. The highest BCUT2D eigenvalue weighted by molar-refractivity contribution is 14.0. The minimum Gasteiger partial charge on any atom is -0.457 e. The fourth-order valence-electron chi connectivity index (χ4n) is 3.79. The first kappa shape index (κ1) is 23.2. The fraction of sp³-hybridized carbons (Fsp3) is 0.409. The maximum absolute atomic E-state index is 6.22. The number of ether oxygens (including phenoxy) is 2. The van der Waals surface area contributed by atoms with Crippen LogP contribution in [0.3, 0.4) is 0 Å². The Hall–Kier alpha value is -1.49. The number of para-hydroxylation sites is 1. The van der Waals surface area contributed by atoms with E-state index in [9.17, 15) is 0 Å². The Morgan fingerprint density at radius 2 is 1.90 bits per heavy atom. The average Bonchev–Trinajstić information content (AvgIpc) is 3.24. The van der Waals surface area contributed by atoms with E-state index < -0.39 is 0 Å². The molecule has 1 atom stereocenters. The second-order valence-electron chi connectivity index (χ2n) is 7.40. The summed E-state index contributed by atoms with van der Waals surface area (Å²) in [6, 6.07) is 17.5. The highest BCUT2D eigenvalue weighted by Gasteiger charge is 2.40. The van der Waals surface area contributed by atoms with Crippen molar-refractivity contribution in [3.63, 3.8) is 0 Å². The van der Waals surface area contributed by atoms with Crippen LogP contribution in [0.15, 0.2) is 59.6 Å². The summed E-state index contributed by atoms with van der Waals surface area (Å²) in [5.41, 5.74) is 7.18. The normalized spacial score (nSPS) is 22.3. The van der Waals surface area contributed by atoms with Crippen molar-refractivity contribution in [3.05, 3.63) is 54.6 Å². The number of nitrogens with zero attached hydrogens (tertiary/aromatic N) is 2. The van der Waals surface area contributed by atoms with Gasteiger partial charge < -0.3 is 20.5 Å². The van der Waals surface area contributed by atoms with Crippen molar-refractivity contribution in [1.82, 2.24) is 4.90 Å². The highest BCUT2D eigenvalue weighted by Crippen LogP contribution is 2.34. The maximum Gasteiger partial charge on any atom is 0.193 e. The second-order valence-corrected chi connectivity index (χ2v) is 8.50. The monoisotopic (exact) mass is 540 g/mol. The number of hydrogen-bond donors (Lipinski definition) is 2. The van der Waals surface area contributed by atoms with E-state index in [1.165, 1.54) is 5.75 Å². The number of thioether (sulfide) groups is 1. The molecule has 0 spiro atoms. The molecule has 4 rings (SSSR count). The quantitative estimate of drug-likeness (QED) is 0.328. The van der Waals surface area contributed by atoms with Crippen LogP contribution in [0.5, 0.6) is 11.5 Å². The van der Waals surface area contributed by atoms with Crippen molar-refractivity contribution in [2.24, 2.45) is 10.7 Å². The van der Waals surface area contributed by atoms with Gasteiger partial charge in [-0.25, -0.2) is 0 Å². The van der Waals surface area contributed by atoms with Crippen LogP contribution in [0.4, 0.5) is 5.69 Å². The summed E-state index contributed by atoms with van der Waals surface area (Å²) in [4.78, 5) is 7.25. The lowest BCUT2D eigenvalue weighted by molar-refractivity contribution is -0.0104. The molecule has 0 bridgehead atoms. The number of halogens is 1. The van der Waals surface area contributed by atoms with E-state index in [0.717, 1.165) is 55.7 Å². The van der Waals surface area contributed by atoms with Crippen LogP contribution in [0, 0.1) is 0 Å². The molecule has 3 N–H and O–H groups in total. The number of morpholine rings is 1. The van der Waals surface area contributed by atoms with Gasteiger partial charge in [0.25, 0.3) is 0 Å². The van der Waals surface area contributed by atoms with Crippen LogP contribution in [-0.2, 0) is 4.74 Å². The molecule has 162 valence electrons. The molecular formula is C22H29IN4O2S. The SMILES string of the molecule is I.NC(=NCC1(N2CCOCC2)CCSC1)Nc1cccc(Oc2ccccc2)c1. The topological polar surface area (TPSA) is 72.1 Å². The van der Waals surface area contributed by atoms with Gasteiger partial charge in [0.2, 0.25) is 0 Å². The van der Waals surface area contributed by atoms with E-state index in [-0.39, 0.29) is 29.5 Å². The van der Waals surface area contributed by atoms with Gasteiger partial charge in [-0.15, -0.1) is 24.0 Å². The summed E-state index contributed by atoms with van der Waals surface area (Å²) in [6.45, 7) is 4.26. The van der Waals surface area contributed by atoms with E-state index in [2.05, 4.69) is 10.2 Å². The third-order valence-corrected chi connectivity index (χ3v) is 6.63. The Kier molecular flexibility index (Phi) is 8.67. The van der Waals surface area contributed by atoms with Gasteiger partial charge >= 0.3 is 0 Å².